The molecule has 43 heavy (non-hydrogen) atoms. The van der Waals surface area contributed by atoms with E-state index in [2.05, 4.69) is 54.5 Å². The number of fused-ring (bicyclic) bond motifs is 7. The lowest BCUT2D eigenvalue weighted by atomic mass is 9.33. The smallest absolute Gasteiger partial charge is 0.310 e. The summed E-state index contributed by atoms with van der Waals surface area (Å²) in [6.45, 7) is 19.0. The highest BCUT2D eigenvalue weighted by atomic mass is 16.5. The first-order valence-electron chi connectivity index (χ1n) is 17.5. The first-order chi connectivity index (χ1) is 19.8. The van der Waals surface area contributed by atoms with Gasteiger partial charge < -0.3 is 25.2 Å². The molecule has 6 heteroatoms. The van der Waals surface area contributed by atoms with Crippen LogP contribution < -0.4 is 0 Å². The molecule has 0 aromatic heterocycles. The van der Waals surface area contributed by atoms with Gasteiger partial charge in [-0.3, -0.25) is 4.79 Å². The van der Waals surface area contributed by atoms with Gasteiger partial charge in [-0.15, -0.1) is 0 Å². The van der Waals surface area contributed by atoms with Crippen molar-refractivity contribution in [2.75, 3.05) is 0 Å². The lowest BCUT2D eigenvalue weighted by Crippen LogP contribution is -2.65. The summed E-state index contributed by atoms with van der Waals surface area (Å²) < 4.78 is 6.09. The fourth-order valence-corrected chi connectivity index (χ4v) is 12.7. The zero-order valence-corrected chi connectivity index (χ0v) is 28.2. The molecule has 6 rings (SSSR count). The number of aliphatic hydroxyl groups excluding tert-OH is 3. The van der Waals surface area contributed by atoms with E-state index in [0.717, 1.165) is 51.4 Å². The maximum Gasteiger partial charge on any atom is 0.310 e. The van der Waals surface area contributed by atoms with Crippen LogP contribution in [0.4, 0.5) is 0 Å². The molecule has 6 aliphatic rings. The van der Waals surface area contributed by atoms with Crippen molar-refractivity contribution in [3.05, 3.63) is 11.6 Å². The third kappa shape index (κ3) is 4.34. The lowest BCUT2D eigenvalue weighted by Gasteiger charge is -2.71. The van der Waals surface area contributed by atoms with Gasteiger partial charge in [0.25, 0.3) is 0 Å². The Kier molecular flexibility index (Phi) is 7.46. The van der Waals surface area contributed by atoms with Crippen molar-refractivity contribution >= 4 is 5.97 Å². The van der Waals surface area contributed by atoms with Gasteiger partial charge in [0.2, 0.25) is 0 Å². The van der Waals surface area contributed by atoms with Crippen LogP contribution in [0.5, 0.6) is 0 Å². The number of hydrogen-bond donors (Lipinski definition) is 4. The van der Waals surface area contributed by atoms with Crippen LogP contribution in [-0.4, -0.2) is 56.9 Å². The Morgan fingerprint density at radius 3 is 2.21 bits per heavy atom. The summed E-state index contributed by atoms with van der Waals surface area (Å²) in [5.41, 5.74) is 1.45. The van der Waals surface area contributed by atoms with Gasteiger partial charge in [0.1, 0.15) is 18.3 Å². The largest absolute Gasteiger partial charge is 0.481 e. The van der Waals surface area contributed by atoms with Gasteiger partial charge in [-0.05, 0) is 128 Å². The second-order valence-corrected chi connectivity index (χ2v) is 18.3. The van der Waals surface area contributed by atoms with E-state index in [4.69, 9.17) is 4.74 Å². The number of hydrogen-bond acceptors (Lipinski definition) is 5. The van der Waals surface area contributed by atoms with E-state index in [-0.39, 0.29) is 33.0 Å². The predicted molar refractivity (Wildman–Crippen MR) is 167 cm³/mol. The third-order valence-electron chi connectivity index (χ3n) is 15.8. The number of carbonyl (C=O) groups is 1. The highest BCUT2D eigenvalue weighted by Gasteiger charge is 2.69. The van der Waals surface area contributed by atoms with Crippen molar-refractivity contribution < 1.29 is 30.0 Å². The first kappa shape index (κ1) is 32.0. The lowest BCUT2D eigenvalue weighted by molar-refractivity contribution is -0.232. The summed E-state index contributed by atoms with van der Waals surface area (Å²) in [6.07, 6.45) is 9.16. The van der Waals surface area contributed by atoms with E-state index >= 15 is 0 Å². The molecule has 13 atom stereocenters. The molecule has 5 unspecified atom stereocenters. The molecule has 5 aliphatic carbocycles. The van der Waals surface area contributed by atoms with Gasteiger partial charge in [0.15, 0.2) is 0 Å². The van der Waals surface area contributed by atoms with Crippen molar-refractivity contribution in [1.29, 1.82) is 0 Å². The van der Waals surface area contributed by atoms with Crippen LogP contribution in [0.3, 0.4) is 0 Å². The van der Waals surface area contributed by atoms with E-state index in [1.54, 1.807) is 6.92 Å². The molecule has 6 nitrogen and oxygen atoms in total. The van der Waals surface area contributed by atoms with E-state index in [1.807, 2.05) is 0 Å². The summed E-state index contributed by atoms with van der Waals surface area (Å²) >= 11 is 0. The minimum atomic E-state index is -1.17. The zero-order chi connectivity index (χ0) is 31.5. The van der Waals surface area contributed by atoms with E-state index in [9.17, 15) is 25.2 Å². The van der Waals surface area contributed by atoms with Crippen LogP contribution in [-0.2, 0) is 9.53 Å². The average molecular weight is 601 g/mol. The number of carboxylic acid groups (broad SMARTS) is 1. The Bertz CT molecular complexity index is 1160. The molecule has 0 radical (unpaired) electrons. The van der Waals surface area contributed by atoms with E-state index in [0.29, 0.717) is 24.2 Å². The number of carboxylic acids is 1. The highest BCUT2D eigenvalue weighted by Crippen LogP contribution is 2.76. The molecule has 5 fully saturated rings. The number of allylic oxidation sites excluding steroid dienone is 2. The Morgan fingerprint density at radius 2 is 1.53 bits per heavy atom. The van der Waals surface area contributed by atoms with E-state index < -0.39 is 41.9 Å². The zero-order valence-electron chi connectivity index (χ0n) is 28.2. The quantitative estimate of drug-likeness (QED) is 0.267. The van der Waals surface area contributed by atoms with Crippen molar-refractivity contribution in [1.82, 2.24) is 0 Å². The molecule has 0 aromatic rings. The maximum atomic E-state index is 12.9. The van der Waals surface area contributed by atoms with Gasteiger partial charge in [-0.2, -0.15) is 0 Å². The Balaban J connectivity index is 1.30. The number of ether oxygens (including phenoxy) is 1. The molecular weight excluding hydrogens is 540 g/mol. The average Bonchev–Trinajstić information content (AvgIpc) is 2.91. The number of aliphatic carboxylic acids is 1. The Labute approximate surface area is 260 Å². The number of rotatable bonds is 3. The van der Waals surface area contributed by atoms with Crippen molar-refractivity contribution in [2.24, 2.45) is 56.2 Å². The molecule has 0 spiro atoms. The standard InChI is InChI=1S/C37H60O6/c1-21-28(38)30(40)29(39)25(43-21)19-22-11-13-34(6)26(33(22,4)5)12-14-36(8)27(34)10-9-23-24-20-32(2,3)15-17-37(24,31(41)42)18-16-35(23,36)7/h9,21-22,24-30,38-40H,10-20H2,1-8H3,(H,41,42)/t21?,22-,24?,25+,26?,27?,28-,29?,30+,34+,35-,36-,37+/m1/s1. The second kappa shape index (κ2) is 10.0. The van der Waals surface area contributed by atoms with Crippen molar-refractivity contribution in [2.45, 2.75) is 157 Å². The minimum absolute atomic E-state index is 0.0229. The number of aliphatic hydroxyl groups is 3. The molecule has 1 saturated heterocycles. The molecule has 0 amide bonds. The first-order valence-corrected chi connectivity index (χ1v) is 17.5. The molecule has 0 bridgehead atoms. The van der Waals surface area contributed by atoms with Crippen LogP contribution in [0.2, 0.25) is 0 Å². The topological polar surface area (TPSA) is 107 Å². The molecular formula is C37H60O6. The fraction of sp³-hybridized carbons (Fsp3) is 0.919. The Morgan fingerprint density at radius 1 is 0.860 bits per heavy atom. The second-order valence-electron chi connectivity index (χ2n) is 18.3. The fourth-order valence-electron chi connectivity index (χ4n) is 12.7. The minimum Gasteiger partial charge on any atom is -0.481 e. The van der Waals surface area contributed by atoms with Crippen molar-refractivity contribution in [3.63, 3.8) is 0 Å². The monoisotopic (exact) mass is 600 g/mol. The maximum absolute atomic E-state index is 12.9. The van der Waals surface area contributed by atoms with Crippen LogP contribution >= 0.6 is 0 Å². The van der Waals surface area contributed by atoms with E-state index in [1.165, 1.54) is 18.4 Å². The summed E-state index contributed by atoms with van der Waals surface area (Å²) in [7, 11) is 0. The third-order valence-corrected chi connectivity index (χ3v) is 15.8. The van der Waals surface area contributed by atoms with Crippen LogP contribution in [0, 0.1) is 56.2 Å². The predicted octanol–water partition coefficient (Wildman–Crippen LogP) is 6.75. The summed E-state index contributed by atoms with van der Waals surface area (Å²) in [6, 6.07) is 0. The molecule has 1 aliphatic heterocycles. The van der Waals surface area contributed by atoms with Crippen molar-refractivity contribution in [3.8, 4) is 0 Å². The molecule has 244 valence electrons. The van der Waals surface area contributed by atoms with Gasteiger partial charge in [0.05, 0.1) is 17.6 Å². The summed E-state index contributed by atoms with van der Waals surface area (Å²) in [5.74, 6) is 1.03. The van der Waals surface area contributed by atoms with Gasteiger partial charge in [-0.1, -0.05) is 60.1 Å². The SMILES string of the molecule is CC1O[C@@H](C[C@H]2CC[C@@]3(C)C(CC[C@]4(C)C3CC=C3C5CC(C)(C)CC[C@]5(C(=O)O)CC[C@]34C)C2(C)C)C(O)[C@@H](O)[C@@H]1O. The van der Waals surface area contributed by atoms with Gasteiger partial charge >= 0.3 is 5.97 Å². The highest BCUT2D eigenvalue weighted by molar-refractivity contribution is 5.76. The van der Waals surface area contributed by atoms with Crippen LogP contribution in [0.15, 0.2) is 11.6 Å². The molecule has 4 N–H and O–H groups in total. The van der Waals surface area contributed by atoms with Crippen LogP contribution in [0.25, 0.3) is 0 Å². The normalized spacial score (nSPS) is 53.8. The summed E-state index contributed by atoms with van der Waals surface area (Å²) in [4.78, 5) is 12.9. The molecule has 4 saturated carbocycles. The van der Waals surface area contributed by atoms with Gasteiger partial charge in [-0.25, -0.2) is 0 Å². The van der Waals surface area contributed by atoms with Gasteiger partial charge in [0, 0.05) is 0 Å². The summed E-state index contributed by atoms with van der Waals surface area (Å²) in [5, 5.41) is 42.2. The molecule has 1 heterocycles. The molecule has 0 aromatic carbocycles. The van der Waals surface area contributed by atoms with Crippen LogP contribution in [0.1, 0.15) is 126 Å². The Hall–Kier alpha value is -0.950.